The van der Waals surface area contributed by atoms with Crippen molar-refractivity contribution in [2.75, 3.05) is 0 Å². The molecule has 1 aliphatic carbocycles. The van der Waals surface area contributed by atoms with Crippen LogP contribution in [0.1, 0.15) is 52.9 Å². The van der Waals surface area contributed by atoms with E-state index in [0.29, 0.717) is 17.8 Å². The number of carbonyl (C=O) groups excluding carboxylic acids is 1. The van der Waals surface area contributed by atoms with Gasteiger partial charge in [-0.1, -0.05) is 27.2 Å². The van der Waals surface area contributed by atoms with E-state index in [1.165, 1.54) is 6.42 Å². The summed E-state index contributed by atoms with van der Waals surface area (Å²) in [6.45, 7) is 6.48. The van der Waals surface area contributed by atoms with Crippen LogP contribution in [0.5, 0.6) is 0 Å². The normalized spacial score (nSPS) is 28.1. The third kappa shape index (κ3) is 4.67. The topological polar surface area (TPSA) is 63.6 Å². The minimum atomic E-state index is -0.954. The molecule has 2 unspecified atom stereocenters. The lowest BCUT2D eigenvalue weighted by molar-refractivity contribution is -0.158. The summed E-state index contributed by atoms with van der Waals surface area (Å²) in [7, 11) is 0. The van der Waals surface area contributed by atoms with E-state index in [0.717, 1.165) is 12.8 Å². The summed E-state index contributed by atoms with van der Waals surface area (Å²) in [6.07, 6.45) is 2.98. The molecule has 4 heteroatoms. The summed E-state index contributed by atoms with van der Waals surface area (Å²) in [5.74, 6) is 0.161. The first-order chi connectivity index (χ1) is 8.40. The zero-order valence-electron chi connectivity index (χ0n) is 11.5. The molecule has 0 aromatic carbocycles. The maximum Gasteiger partial charge on any atom is 0.306 e. The molecule has 1 rings (SSSR count). The van der Waals surface area contributed by atoms with Crippen LogP contribution in [0.3, 0.4) is 0 Å². The van der Waals surface area contributed by atoms with Crippen molar-refractivity contribution in [3.63, 3.8) is 0 Å². The molecule has 0 spiro atoms. The lowest BCUT2D eigenvalue weighted by Crippen LogP contribution is -2.35. The maximum absolute atomic E-state index is 11.6. The molecule has 1 fully saturated rings. The average molecular weight is 256 g/mol. The molecule has 0 saturated heterocycles. The fraction of sp³-hybridized carbons (Fsp3) is 0.857. The van der Waals surface area contributed by atoms with Gasteiger partial charge in [0.2, 0.25) is 0 Å². The number of aliphatic carboxylic acids is 1. The molecule has 4 nitrogen and oxygen atoms in total. The van der Waals surface area contributed by atoms with Crippen LogP contribution >= 0.6 is 0 Å². The zero-order chi connectivity index (χ0) is 13.7. The number of rotatable bonds is 5. The molecule has 104 valence electrons. The van der Waals surface area contributed by atoms with E-state index in [1.807, 2.05) is 0 Å². The van der Waals surface area contributed by atoms with Gasteiger partial charge in [0.05, 0.1) is 12.8 Å². The summed E-state index contributed by atoms with van der Waals surface area (Å²) in [5, 5.41) is 8.54. The Morgan fingerprint density at radius 1 is 1.28 bits per heavy atom. The van der Waals surface area contributed by atoms with Crippen molar-refractivity contribution >= 4 is 11.9 Å². The summed E-state index contributed by atoms with van der Waals surface area (Å²) in [5.41, 5.74) is 0. The lowest BCUT2D eigenvalue weighted by atomic mass is 9.75. The largest absolute Gasteiger partial charge is 0.481 e. The van der Waals surface area contributed by atoms with E-state index >= 15 is 0 Å². The van der Waals surface area contributed by atoms with E-state index in [-0.39, 0.29) is 24.9 Å². The average Bonchev–Trinajstić information content (AvgIpc) is 2.26. The summed E-state index contributed by atoms with van der Waals surface area (Å²) in [4.78, 5) is 22.0. The van der Waals surface area contributed by atoms with Crippen molar-refractivity contribution in [3.8, 4) is 0 Å². The third-order valence-electron chi connectivity index (χ3n) is 3.79. The van der Waals surface area contributed by atoms with Crippen LogP contribution < -0.4 is 0 Å². The molecule has 1 saturated carbocycles. The Balaban J connectivity index is 2.49. The Kier molecular flexibility index (Phi) is 5.63. The monoisotopic (exact) mass is 256 g/mol. The highest BCUT2D eigenvalue weighted by Gasteiger charge is 2.33. The van der Waals surface area contributed by atoms with Crippen LogP contribution in [0.2, 0.25) is 0 Å². The van der Waals surface area contributed by atoms with Crippen molar-refractivity contribution in [1.82, 2.24) is 0 Å². The number of hydrogen-bond donors (Lipinski definition) is 1. The standard InChI is InChI=1S/C14H24O4/c1-9(2)11-5-4-10(3)8-12(11)18-14(17)7-6-13(15)16/h9-12H,4-8H2,1-3H3,(H,15,16)/t10?,11-,12?/m0/s1. The first-order valence-corrected chi connectivity index (χ1v) is 6.81. The van der Waals surface area contributed by atoms with E-state index in [4.69, 9.17) is 9.84 Å². The quantitative estimate of drug-likeness (QED) is 0.768. The first-order valence-electron chi connectivity index (χ1n) is 6.81. The summed E-state index contributed by atoms with van der Waals surface area (Å²) < 4.78 is 5.48. The van der Waals surface area contributed by atoms with Gasteiger partial charge in [0.1, 0.15) is 6.10 Å². The Hall–Kier alpha value is -1.06. The molecule has 0 heterocycles. The SMILES string of the molecule is CC1CC[C@@H](C(C)C)C(OC(=O)CCC(=O)O)C1. The van der Waals surface area contributed by atoms with Crippen LogP contribution in [-0.4, -0.2) is 23.1 Å². The Morgan fingerprint density at radius 2 is 1.94 bits per heavy atom. The Bertz CT molecular complexity index is 298. The maximum atomic E-state index is 11.6. The van der Waals surface area contributed by atoms with Crippen LogP contribution in [0.4, 0.5) is 0 Å². The number of carboxylic acids is 1. The molecule has 0 aliphatic heterocycles. The second-order valence-corrected chi connectivity index (χ2v) is 5.75. The summed E-state index contributed by atoms with van der Waals surface area (Å²) in [6, 6.07) is 0. The fourth-order valence-electron chi connectivity index (χ4n) is 2.69. The van der Waals surface area contributed by atoms with Gasteiger partial charge in [0.25, 0.3) is 0 Å². The van der Waals surface area contributed by atoms with E-state index < -0.39 is 5.97 Å². The number of esters is 1. The van der Waals surface area contributed by atoms with Crippen LogP contribution in [0, 0.1) is 17.8 Å². The predicted molar refractivity (Wildman–Crippen MR) is 68.1 cm³/mol. The molecule has 0 amide bonds. The molecule has 0 aromatic heterocycles. The second-order valence-electron chi connectivity index (χ2n) is 5.75. The van der Waals surface area contributed by atoms with Gasteiger partial charge in [-0.25, -0.2) is 0 Å². The third-order valence-corrected chi connectivity index (χ3v) is 3.79. The van der Waals surface area contributed by atoms with Crippen molar-refractivity contribution in [2.24, 2.45) is 17.8 Å². The highest BCUT2D eigenvalue weighted by atomic mass is 16.5. The first kappa shape index (κ1) is 15.0. The van der Waals surface area contributed by atoms with Crippen molar-refractivity contribution in [2.45, 2.75) is 59.0 Å². The second kappa shape index (κ2) is 6.76. The number of carboxylic acid groups (broad SMARTS) is 1. The molecular weight excluding hydrogens is 232 g/mol. The molecule has 0 aromatic rings. The molecule has 1 aliphatic rings. The van der Waals surface area contributed by atoms with Gasteiger partial charge in [-0.3, -0.25) is 9.59 Å². The predicted octanol–water partition coefficient (Wildman–Crippen LogP) is 2.86. The number of carbonyl (C=O) groups is 2. The number of hydrogen-bond acceptors (Lipinski definition) is 3. The minimum Gasteiger partial charge on any atom is -0.481 e. The Morgan fingerprint density at radius 3 is 2.50 bits per heavy atom. The zero-order valence-corrected chi connectivity index (χ0v) is 11.5. The van der Waals surface area contributed by atoms with Gasteiger partial charge in [0.15, 0.2) is 0 Å². The van der Waals surface area contributed by atoms with Crippen LogP contribution in [0.15, 0.2) is 0 Å². The van der Waals surface area contributed by atoms with Gasteiger partial charge >= 0.3 is 11.9 Å². The summed E-state index contributed by atoms with van der Waals surface area (Å²) >= 11 is 0. The Labute approximate surface area is 109 Å². The van der Waals surface area contributed by atoms with Crippen molar-refractivity contribution in [3.05, 3.63) is 0 Å². The molecule has 18 heavy (non-hydrogen) atoms. The van der Waals surface area contributed by atoms with Gasteiger partial charge in [0, 0.05) is 0 Å². The molecule has 0 radical (unpaired) electrons. The molecular formula is C14H24O4. The number of ether oxygens (including phenoxy) is 1. The van der Waals surface area contributed by atoms with E-state index in [9.17, 15) is 9.59 Å². The highest BCUT2D eigenvalue weighted by Crippen LogP contribution is 2.35. The minimum absolute atomic E-state index is 0.0228. The van der Waals surface area contributed by atoms with Gasteiger partial charge in [-0.15, -0.1) is 0 Å². The lowest BCUT2D eigenvalue weighted by Gasteiger charge is -2.36. The molecule has 0 bridgehead atoms. The van der Waals surface area contributed by atoms with Crippen LogP contribution in [-0.2, 0) is 14.3 Å². The van der Waals surface area contributed by atoms with Gasteiger partial charge in [-0.2, -0.15) is 0 Å². The highest BCUT2D eigenvalue weighted by molar-refractivity contribution is 5.76. The molecule has 3 atom stereocenters. The fourth-order valence-corrected chi connectivity index (χ4v) is 2.69. The smallest absolute Gasteiger partial charge is 0.306 e. The molecule has 1 N–H and O–H groups in total. The van der Waals surface area contributed by atoms with E-state index in [1.54, 1.807) is 0 Å². The van der Waals surface area contributed by atoms with Gasteiger partial charge in [-0.05, 0) is 30.6 Å². The van der Waals surface area contributed by atoms with E-state index in [2.05, 4.69) is 20.8 Å². The van der Waals surface area contributed by atoms with Gasteiger partial charge < -0.3 is 9.84 Å². The van der Waals surface area contributed by atoms with Crippen molar-refractivity contribution in [1.29, 1.82) is 0 Å². The van der Waals surface area contributed by atoms with Crippen LogP contribution in [0.25, 0.3) is 0 Å². The van der Waals surface area contributed by atoms with Crippen molar-refractivity contribution < 1.29 is 19.4 Å².